The predicted octanol–water partition coefficient (Wildman–Crippen LogP) is 2.60. The normalized spacial score (nSPS) is 11.1. The van der Waals surface area contributed by atoms with E-state index in [1.165, 1.54) is 6.07 Å². The van der Waals surface area contributed by atoms with Crippen molar-refractivity contribution < 1.29 is 27.4 Å². The van der Waals surface area contributed by atoms with Gasteiger partial charge in [0.25, 0.3) is 0 Å². The van der Waals surface area contributed by atoms with Crippen molar-refractivity contribution in [3.63, 3.8) is 0 Å². The van der Waals surface area contributed by atoms with E-state index in [1.54, 1.807) is 36.4 Å². The van der Waals surface area contributed by atoms with Gasteiger partial charge in [-0.25, -0.2) is 8.42 Å². The number of ether oxygens (including phenoxy) is 3. The fourth-order valence-electron chi connectivity index (χ4n) is 2.28. The summed E-state index contributed by atoms with van der Waals surface area (Å²) in [5.41, 5.74) is 1.85. The minimum atomic E-state index is -3.77. The summed E-state index contributed by atoms with van der Waals surface area (Å²) in [6, 6.07) is 11.9. The number of nitrogens with one attached hydrogen (secondary N) is 1. The summed E-state index contributed by atoms with van der Waals surface area (Å²) in [5.74, 6) is 0.690. The van der Waals surface area contributed by atoms with Gasteiger partial charge in [-0.3, -0.25) is 4.79 Å². The highest BCUT2D eigenvalue weighted by Crippen LogP contribution is 2.17. The molecular weight excluding hydrogens is 382 g/mol. The Morgan fingerprint density at radius 1 is 0.929 bits per heavy atom. The van der Waals surface area contributed by atoms with E-state index in [1.807, 2.05) is 20.8 Å². The first-order chi connectivity index (χ1) is 13.3. The molecule has 28 heavy (non-hydrogen) atoms. The Labute approximate surface area is 165 Å². The number of aryl methyl sites for hydroxylation is 2. The number of carbonyl (C=O) groups is 1. The first kappa shape index (κ1) is 21.7. The van der Waals surface area contributed by atoms with E-state index in [9.17, 15) is 13.2 Å². The minimum Gasteiger partial charge on any atom is -0.494 e. The van der Waals surface area contributed by atoms with Gasteiger partial charge in [0, 0.05) is 0 Å². The number of esters is 1. The van der Waals surface area contributed by atoms with Crippen molar-refractivity contribution in [2.75, 3.05) is 26.4 Å². The summed E-state index contributed by atoms with van der Waals surface area (Å²) >= 11 is 0. The molecule has 0 aliphatic carbocycles. The van der Waals surface area contributed by atoms with Gasteiger partial charge in [-0.2, -0.15) is 4.72 Å². The molecule has 0 saturated heterocycles. The second-order valence-electron chi connectivity index (χ2n) is 6.04. The molecule has 7 nitrogen and oxygen atoms in total. The van der Waals surface area contributed by atoms with Crippen LogP contribution in [0.2, 0.25) is 0 Å². The van der Waals surface area contributed by atoms with Crippen molar-refractivity contribution in [3.05, 3.63) is 53.6 Å². The summed E-state index contributed by atoms with van der Waals surface area (Å²) < 4.78 is 42.5. The molecular formula is C20H25NO6S. The van der Waals surface area contributed by atoms with Crippen LogP contribution in [0.15, 0.2) is 47.4 Å². The van der Waals surface area contributed by atoms with Crippen molar-refractivity contribution in [2.45, 2.75) is 25.7 Å². The number of hydrogen-bond donors (Lipinski definition) is 1. The Kier molecular flexibility index (Phi) is 7.83. The van der Waals surface area contributed by atoms with Gasteiger partial charge in [0.15, 0.2) is 0 Å². The van der Waals surface area contributed by atoms with Crippen LogP contribution >= 0.6 is 0 Å². The molecule has 0 aromatic heterocycles. The monoisotopic (exact) mass is 407 g/mol. The van der Waals surface area contributed by atoms with Crippen LogP contribution in [0.3, 0.4) is 0 Å². The summed E-state index contributed by atoms with van der Waals surface area (Å²) in [6.07, 6.45) is 0. The largest absolute Gasteiger partial charge is 0.494 e. The molecule has 0 radical (unpaired) electrons. The summed E-state index contributed by atoms with van der Waals surface area (Å²) in [5, 5.41) is 0. The van der Waals surface area contributed by atoms with E-state index in [-0.39, 0.29) is 18.1 Å². The maximum atomic E-state index is 12.2. The van der Waals surface area contributed by atoms with Gasteiger partial charge in [-0.05, 0) is 68.3 Å². The lowest BCUT2D eigenvalue weighted by Crippen LogP contribution is -2.31. The van der Waals surface area contributed by atoms with Crippen molar-refractivity contribution in [2.24, 2.45) is 0 Å². The van der Waals surface area contributed by atoms with E-state index in [4.69, 9.17) is 14.2 Å². The third kappa shape index (κ3) is 6.54. The first-order valence-electron chi connectivity index (χ1n) is 8.90. The molecule has 1 N–H and O–H groups in total. The van der Waals surface area contributed by atoms with Crippen LogP contribution in [0.4, 0.5) is 0 Å². The zero-order chi connectivity index (χ0) is 20.6. The van der Waals surface area contributed by atoms with Crippen LogP contribution in [0.1, 0.15) is 18.1 Å². The summed E-state index contributed by atoms with van der Waals surface area (Å²) in [6.45, 7) is 5.93. The van der Waals surface area contributed by atoms with Crippen LogP contribution in [-0.2, 0) is 19.6 Å². The Morgan fingerprint density at radius 2 is 1.57 bits per heavy atom. The van der Waals surface area contributed by atoms with Gasteiger partial charge in [0.1, 0.15) is 31.3 Å². The second kappa shape index (κ2) is 10.1. The zero-order valence-electron chi connectivity index (χ0n) is 16.2. The van der Waals surface area contributed by atoms with Gasteiger partial charge in [0.05, 0.1) is 11.5 Å². The average Bonchev–Trinajstić information content (AvgIpc) is 2.67. The zero-order valence-corrected chi connectivity index (χ0v) is 17.0. The van der Waals surface area contributed by atoms with Gasteiger partial charge in [0.2, 0.25) is 10.0 Å². The smallest absolute Gasteiger partial charge is 0.321 e. The highest BCUT2D eigenvalue weighted by molar-refractivity contribution is 7.89. The van der Waals surface area contributed by atoms with Crippen molar-refractivity contribution >= 4 is 16.0 Å². The molecule has 0 bridgehead atoms. The van der Waals surface area contributed by atoms with Gasteiger partial charge < -0.3 is 14.2 Å². The molecule has 152 valence electrons. The van der Waals surface area contributed by atoms with Gasteiger partial charge >= 0.3 is 5.97 Å². The highest BCUT2D eigenvalue weighted by atomic mass is 32.2. The minimum absolute atomic E-state index is 0.0113. The molecule has 2 aromatic carbocycles. The first-order valence-corrected chi connectivity index (χ1v) is 10.4. The predicted molar refractivity (Wildman–Crippen MR) is 105 cm³/mol. The van der Waals surface area contributed by atoms with E-state index >= 15 is 0 Å². The third-order valence-electron chi connectivity index (χ3n) is 3.95. The van der Waals surface area contributed by atoms with Crippen molar-refractivity contribution in [1.29, 1.82) is 0 Å². The number of sulfonamides is 1. The van der Waals surface area contributed by atoms with E-state index in [2.05, 4.69) is 4.72 Å². The van der Waals surface area contributed by atoms with E-state index < -0.39 is 22.5 Å². The molecule has 0 aliphatic heterocycles. The van der Waals surface area contributed by atoms with Crippen LogP contribution in [0.5, 0.6) is 11.5 Å². The molecule has 0 aliphatic rings. The average molecular weight is 407 g/mol. The van der Waals surface area contributed by atoms with Crippen molar-refractivity contribution in [1.82, 2.24) is 4.72 Å². The number of rotatable bonds is 10. The fourth-order valence-corrected chi connectivity index (χ4v) is 3.34. The lowest BCUT2D eigenvalue weighted by atomic mass is 10.1. The molecule has 0 fully saturated rings. The van der Waals surface area contributed by atoms with E-state index in [0.29, 0.717) is 12.4 Å². The molecule has 8 heteroatoms. The number of benzene rings is 2. The van der Waals surface area contributed by atoms with E-state index in [0.717, 1.165) is 16.9 Å². The fraction of sp³-hybridized carbons (Fsp3) is 0.350. The Balaban J connectivity index is 1.72. The molecule has 2 rings (SSSR count). The van der Waals surface area contributed by atoms with Crippen LogP contribution < -0.4 is 14.2 Å². The molecule has 2 aromatic rings. The SMILES string of the molecule is CCOc1ccc(OCCOC(=O)CNS(=O)(=O)c2ccc(C)c(C)c2)cc1. The lowest BCUT2D eigenvalue weighted by molar-refractivity contribution is -0.142. The molecule has 0 heterocycles. The number of hydrogen-bond acceptors (Lipinski definition) is 6. The van der Waals surface area contributed by atoms with Crippen molar-refractivity contribution in [3.8, 4) is 11.5 Å². The number of carbonyl (C=O) groups excluding carboxylic acids is 1. The maximum Gasteiger partial charge on any atom is 0.321 e. The molecule has 0 unspecified atom stereocenters. The van der Waals surface area contributed by atoms with Crippen LogP contribution in [0.25, 0.3) is 0 Å². The Hall–Kier alpha value is -2.58. The van der Waals surface area contributed by atoms with Crippen LogP contribution in [-0.4, -0.2) is 40.8 Å². The second-order valence-corrected chi connectivity index (χ2v) is 7.81. The molecule has 0 saturated carbocycles. The molecule has 0 spiro atoms. The summed E-state index contributed by atoms with van der Waals surface area (Å²) in [7, 11) is -3.77. The quantitative estimate of drug-likeness (QED) is 0.481. The molecule has 0 amide bonds. The Bertz CT molecular complexity index is 893. The van der Waals surface area contributed by atoms with Gasteiger partial charge in [-0.15, -0.1) is 0 Å². The standard InChI is InChI=1S/C20H25NO6S/c1-4-25-17-6-8-18(9-7-17)26-11-12-27-20(22)14-21-28(23,24)19-10-5-15(2)16(3)13-19/h5-10,13,21H,4,11-12,14H2,1-3H3. The lowest BCUT2D eigenvalue weighted by Gasteiger charge is -2.10. The maximum absolute atomic E-state index is 12.2. The Morgan fingerprint density at radius 3 is 2.18 bits per heavy atom. The topological polar surface area (TPSA) is 90.9 Å². The highest BCUT2D eigenvalue weighted by Gasteiger charge is 2.16. The van der Waals surface area contributed by atoms with Crippen LogP contribution in [0, 0.1) is 13.8 Å². The third-order valence-corrected chi connectivity index (χ3v) is 5.34. The summed E-state index contributed by atoms with van der Waals surface area (Å²) in [4.78, 5) is 11.9. The molecule has 0 atom stereocenters. The van der Waals surface area contributed by atoms with Gasteiger partial charge in [-0.1, -0.05) is 6.07 Å².